The molecule has 4 aromatic rings. The zero-order valence-corrected chi connectivity index (χ0v) is 20.9. The van der Waals surface area contributed by atoms with Gasteiger partial charge in [-0.3, -0.25) is 4.98 Å². The summed E-state index contributed by atoms with van der Waals surface area (Å²) in [5.74, 6) is 1.60. The molecule has 3 aromatic heterocycles. The Labute approximate surface area is 204 Å². The van der Waals surface area contributed by atoms with Gasteiger partial charge >= 0.3 is 0 Å². The van der Waals surface area contributed by atoms with E-state index in [-0.39, 0.29) is 4.90 Å². The Kier molecular flexibility index (Phi) is 6.33. The Morgan fingerprint density at radius 1 is 1.06 bits per heavy atom. The highest BCUT2D eigenvalue weighted by Crippen LogP contribution is 2.31. The molecular formula is C25H27N5O2S2. The molecule has 0 amide bonds. The minimum absolute atomic E-state index is 0.280. The Balaban J connectivity index is 1.41. The number of rotatable bonds is 7. The first-order chi connectivity index (χ1) is 16.4. The smallest absolute Gasteiger partial charge is 0.242 e. The Morgan fingerprint density at radius 3 is 2.56 bits per heavy atom. The summed E-state index contributed by atoms with van der Waals surface area (Å²) in [5.41, 5.74) is 3.73. The number of sulfonamides is 1. The van der Waals surface area contributed by atoms with Crippen molar-refractivity contribution in [3.05, 3.63) is 65.3 Å². The van der Waals surface area contributed by atoms with E-state index >= 15 is 0 Å². The van der Waals surface area contributed by atoms with Gasteiger partial charge in [0.25, 0.3) is 0 Å². The molecule has 1 fully saturated rings. The molecule has 3 heterocycles. The molecule has 0 bridgehead atoms. The van der Waals surface area contributed by atoms with Crippen LogP contribution >= 0.6 is 11.3 Å². The largest absolute Gasteiger partial charge is 0.366 e. The molecular weight excluding hydrogens is 466 g/mol. The number of pyridine rings is 1. The quantitative estimate of drug-likeness (QED) is 0.392. The van der Waals surface area contributed by atoms with Gasteiger partial charge in [-0.15, -0.1) is 11.3 Å². The second-order valence-electron chi connectivity index (χ2n) is 8.80. The van der Waals surface area contributed by atoms with Gasteiger partial charge in [0, 0.05) is 44.0 Å². The number of nitrogens with one attached hydrogen (secondary N) is 1. The van der Waals surface area contributed by atoms with Crippen molar-refractivity contribution in [3.63, 3.8) is 0 Å². The predicted molar refractivity (Wildman–Crippen MR) is 137 cm³/mol. The van der Waals surface area contributed by atoms with E-state index in [1.807, 2.05) is 30.3 Å². The van der Waals surface area contributed by atoms with Crippen LogP contribution in [0.25, 0.3) is 21.6 Å². The zero-order chi connectivity index (χ0) is 23.7. The summed E-state index contributed by atoms with van der Waals surface area (Å²) >= 11 is 1.66. The van der Waals surface area contributed by atoms with Gasteiger partial charge in [-0.05, 0) is 54.1 Å². The van der Waals surface area contributed by atoms with Crippen molar-refractivity contribution in [2.45, 2.75) is 43.0 Å². The third-order valence-corrected chi connectivity index (χ3v) is 8.90. The fourth-order valence-electron chi connectivity index (χ4n) is 4.27. The number of nitrogens with zero attached hydrogens (tertiary/aromatic N) is 4. The molecule has 0 radical (unpaired) electrons. The van der Waals surface area contributed by atoms with E-state index in [0.29, 0.717) is 18.3 Å². The number of fused-ring (bicyclic) bond motifs is 1. The van der Waals surface area contributed by atoms with Gasteiger partial charge in [0.05, 0.1) is 15.1 Å². The topological polar surface area (TPSA) is 88.1 Å². The second kappa shape index (κ2) is 9.40. The van der Waals surface area contributed by atoms with Crippen molar-refractivity contribution < 1.29 is 8.42 Å². The lowest BCUT2D eigenvalue weighted by molar-refractivity contribution is 0.520. The van der Waals surface area contributed by atoms with E-state index in [1.165, 1.54) is 44.1 Å². The Morgan fingerprint density at radius 2 is 1.82 bits per heavy atom. The predicted octanol–water partition coefficient (Wildman–Crippen LogP) is 4.95. The van der Waals surface area contributed by atoms with Gasteiger partial charge in [0.15, 0.2) is 5.82 Å². The van der Waals surface area contributed by atoms with Crippen molar-refractivity contribution in [2.75, 3.05) is 19.4 Å². The fraction of sp³-hybridized carbons (Fsp3) is 0.320. The lowest BCUT2D eigenvalue weighted by Crippen LogP contribution is -2.22. The Hall–Kier alpha value is -2.88. The van der Waals surface area contributed by atoms with E-state index in [2.05, 4.69) is 15.7 Å². The van der Waals surface area contributed by atoms with E-state index in [4.69, 9.17) is 9.97 Å². The van der Waals surface area contributed by atoms with Crippen LogP contribution in [-0.2, 0) is 16.4 Å². The monoisotopic (exact) mass is 493 g/mol. The molecule has 176 valence electrons. The summed E-state index contributed by atoms with van der Waals surface area (Å²) in [4.78, 5) is 14.5. The summed E-state index contributed by atoms with van der Waals surface area (Å²) < 4.78 is 26.9. The number of benzene rings is 1. The number of anilines is 1. The van der Waals surface area contributed by atoms with Crippen molar-refractivity contribution in [3.8, 4) is 11.4 Å². The first-order valence-electron chi connectivity index (χ1n) is 11.4. The third kappa shape index (κ3) is 4.68. The highest BCUT2D eigenvalue weighted by Gasteiger charge is 2.19. The maximum Gasteiger partial charge on any atom is 0.242 e. The van der Waals surface area contributed by atoms with E-state index in [0.717, 1.165) is 32.9 Å². The molecule has 1 aliphatic rings. The maximum atomic E-state index is 12.3. The molecule has 34 heavy (non-hydrogen) atoms. The van der Waals surface area contributed by atoms with Gasteiger partial charge in [-0.2, -0.15) is 0 Å². The highest BCUT2D eigenvalue weighted by molar-refractivity contribution is 7.89. The van der Waals surface area contributed by atoms with Crippen molar-refractivity contribution in [1.29, 1.82) is 0 Å². The van der Waals surface area contributed by atoms with Gasteiger partial charge in [-0.25, -0.2) is 22.7 Å². The fourth-order valence-corrected chi connectivity index (χ4v) is 5.95. The molecule has 0 unspecified atom stereocenters. The van der Waals surface area contributed by atoms with Crippen LogP contribution in [-0.4, -0.2) is 47.8 Å². The summed E-state index contributed by atoms with van der Waals surface area (Å²) in [6.45, 7) is 0. The average Bonchev–Trinajstić information content (AvgIpc) is 3.51. The number of aromatic nitrogens is 3. The van der Waals surface area contributed by atoms with Crippen LogP contribution in [0, 0.1) is 0 Å². The SMILES string of the molecule is CN(C)S(=O)(=O)c1ccc(Cc2cc(-c3nc(NC4CCCC4)c4sccc4n3)ccn2)cc1. The van der Waals surface area contributed by atoms with Crippen LogP contribution in [0.15, 0.2) is 58.9 Å². The molecule has 9 heteroatoms. The first-order valence-corrected chi connectivity index (χ1v) is 13.7. The molecule has 0 saturated heterocycles. The van der Waals surface area contributed by atoms with E-state index in [9.17, 15) is 8.42 Å². The van der Waals surface area contributed by atoms with Crippen molar-refractivity contribution >= 4 is 37.4 Å². The van der Waals surface area contributed by atoms with Gasteiger partial charge in [0.1, 0.15) is 5.82 Å². The van der Waals surface area contributed by atoms with Crippen LogP contribution in [0.5, 0.6) is 0 Å². The van der Waals surface area contributed by atoms with Crippen LogP contribution in [0.1, 0.15) is 36.9 Å². The van der Waals surface area contributed by atoms with Crippen LogP contribution in [0.3, 0.4) is 0 Å². The third-order valence-electron chi connectivity index (χ3n) is 6.16. The molecule has 1 aromatic carbocycles. The summed E-state index contributed by atoms with van der Waals surface area (Å²) in [7, 11) is -0.378. The van der Waals surface area contributed by atoms with Crippen molar-refractivity contribution in [1.82, 2.24) is 19.3 Å². The molecule has 7 nitrogen and oxygen atoms in total. The molecule has 0 spiro atoms. The first kappa shape index (κ1) is 22.9. The standard InChI is InChI=1S/C25H27N5O2S2/c1-30(2)34(31,32)21-9-7-17(8-10-21)15-20-16-18(11-13-26-20)24-28-22-12-14-33-23(22)25(29-24)27-19-5-3-4-6-19/h7-14,16,19H,3-6,15H2,1-2H3,(H,27,28,29). The number of hydrogen-bond donors (Lipinski definition) is 1. The summed E-state index contributed by atoms with van der Waals surface area (Å²) in [6, 6.07) is 13.4. The van der Waals surface area contributed by atoms with Crippen LogP contribution in [0.4, 0.5) is 5.82 Å². The summed E-state index contributed by atoms with van der Waals surface area (Å²) in [6.07, 6.45) is 7.25. The normalized spacial score (nSPS) is 14.8. The zero-order valence-electron chi connectivity index (χ0n) is 19.2. The van der Waals surface area contributed by atoms with Gasteiger partial charge < -0.3 is 5.32 Å². The minimum Gasteiger partial charge on any atom is -0.366 e. The van der Waals surface area contributed by atoms with Gasteiger partial charge in [-0.1, -0.05) is 25.0 Å². The molecule has 0 aliphatic heterocycles. The molecule has 1 N–H and O–H groups in total. The van der Waals surface area contributed by atoms with Crippen molar-refractivity contribution in [2.24, 2.45) is 0 Å². The lowest BCUT2D eigenvalue weighted by Gasteiger charge is -2.14. The maximum absolute atomic E-state index is 12.3. The van der Waals surface area contributed by atoms with Crippen LogP contribution in [0.2, 0.25) is 0 Å². The average molecular weight is 494 g/mol. The second-order valence-corrected chi connectivity index (χ2v) is 11.9. The lowest BCUT2D eigenvalue weighted by atomic mass is 10.1. The Bertz CT molecular complexity index is 1410. The minimum atomic E-state index is -3.44. The number of thiophene rings is 1. The number of hydrogen-bond acceptors (Lipinski definition) is 7. The highest BCUT2D eigenvalue weighted by atomic mass is 32.2. The van der Waals surface area contributed by atoms with Crippen LogP contribution < -0.4 is 5.32 Å². The van der Waals surface area contributed by atoms with E-state index in [1.54, 1.807) is 29.7 Å². The van der Waals surface area contributed by atoms with Gasteiger partial charge in [0.2, 0.25) is 10.0 Å². The summed E-state index contributed by atoms with van der Waals surface area (Å²) in [5, 5.41) is 5.71. The molecule has 1 saturated carbocycles. The molecule has 1 aliphatic carbocycles. The van der Waals surface area contributed by atoms with E-state index < -0.39 is 10.0 Å². The molecule has 0 atom stereocenters. The molecule has 5 rings (SSSR count).